The highest BCUT2D eigenvalue weighted by atomic mass is 35.5. The molecule has 1 N–H and O–H groups in total. The number of carbonyl (C=O) groups excluding carboxylic acids is 1. The molecule has 1 fully saturated rings. The number of halogens is 1. The van der Waals surface area contributed by atoms with Crippen LogP contribution in [-0.2, 0) is 4.79 Å². The fraction of sp³-hybridized carbons (Fsp3) is 0.381. The Kier molecular flexibility index (Phi) is 6.24. The van der Waals surface area contributed by atoms with Crippen LogP contribution in [0.4, 0.5) is 11.4 Å². The Morgan fingerprint density at radius 3 is 2.41 bits per heavy atom. The lowest BCUT2D eigenvalue weighted by molar-refractivity contribution is -0.122. The molecule has 0 bridgehead atoms. The topological polar surface area (TPSA) is 44.8 Å². The minimum absolute atomic E-state index is 0.184. The monoisotopic (exact) mass is 387 g/mol. The molecule has 0 aliphatic carbocycles. The summed E-state index contributed by atoms with van der Waals surface area (Å²) in [7, 11) is 2.14. The van der Waals surface area contributed by atoms with E-state index in [0.29, 0.717) is 10.8 Å². The fourth-order valence-corrected chi connectivity index (χ4v) is 3.28. The van der Waals surface area contributed by atoms with Gasteiger partial charge in [0.25, 0.3) is 5.91 Å². The van der Waals surface area contributed by atoms with Gasteiger partial charge in [-0.2, -0.15) is 0 Å². The lowest BCUT2D eigenvalue weighted by Gasteiger charge is -2.34. The Morgan fingerprint density at radius 2 is 1.78 bits per heavy atom. The van der Waals surface area contributed by atoms with Gasteiger partial charge in [-0.05, 0) is 68.9 Å². The van der Waals surface area contributed by atoms with E-state index in [2.05, 4.69) is 34.3 Å². The molecule has 0 radical (unpaired) electrons. The predicted molar refractivity (Wildman–Crippen MR) is 111 cm³/mol. The first-order chi connectivity index (χ1) is 12.9. The highest BCUT2D eigenvalue weighted by Crippen LogP contribution is 2.23. The zero-order valence-electron chi connectivity index (χ0n) is 16.0. The van der Waals surface area contributed by atoms with E-state index in [4.69, 9.17) is 16.3 Å². The van der Waals surface area contributed by atoms with Crippen molar-refractivity contribution in [3.8, 4) is 5.75 Å². The van der Waals surface area contributed by atoms with Crippen LogP contribution < -0.4 is 15.0 Å². The van der Waals surface area contributed by atoms with Crippen LogP contribution in [0.3, 0.4) is 0 Å². The van der Waals surface area contributed by atoms with E-state index in [1.807, 2.05) is 25.1 Å². The second kappa shape index (κ2) is 8.63. The largest absolute Gasteiger partial charge is 0.481 e. The van der Waals surface area contributed by atoms with Crippen molar-refractivity contribution >= 4 is 28.9 Å². The van der Waals surface area contributed by atoms with E-state index < -0.39 is 6.10 Å². The molecular formula is C21H26ClN3O2. The third-order valence-corrected chi connectivity index (χ3v) is 5.05. The Bertz CT molecular complexity index is 787. The average Bonchev–Trinajstić information content (AvgIpc) is 2.65. The molecule has 0 saturated carbocycles. The number of carbonyl (C=O) groups is 1. The predicted octanol–water partition coefficient (Wildman–Crippen LogP) is 3.81. The molecule has 5 nitrogen and oxygen atoms in total. The van der Waals surface area contributed by atoms with E-state index in [1.165, 1.54) is 5.69 Å². The Hall–Kier alpha value is -2.24. The van der Waals surface area contributed by atoms with Gasteiger partial charge < -0.3 is 19.9 Å². The van der Waals surface area contributed by atoms with Crippen LogP contribution in [0.2, 0.25) is 5.02 Å². The molecule has 6 heteroatoms. The standard InChI is InChI=1S/C21H26ClN3O2/c1-15-14-17(22)4-9-20(15)27-16(2)21(26)23-18-5-7-19(8-6-18)25-12-10-24(3)11-13-25/h4-9,14,16H,10-13H2,1-3H3,(H,23,26)/t16-/m0/s1. The van der Waals surface area contributed by atoms with Crippen molar-refractivity contribution in [1.29, 1.82) is 0 Å². The molecule has 2 aromatic rings. The van der Waals surface area contributed by atoms with E-state index in [-0.39, 0.29) is 5.91 Å². The maximum Gasteiger partial charge on any atom is 0.265 e. The SMILES string of the molecule is Cc1cc(Cl)ccc1O[C@@H](C)C(=O)Nc1ccc(N2CCN(C)CC2)cc1. The minimum Gasteiger partial charge on any atom is -0.481 e. The molecule has 0 spiro atoms. The third kappa shape index (κ3) is 5.15. The van der Waals surface area contributed by atoms with E-state index in [0.717, 1.165) is 37.4 Å². The molecule has 27 heavy (non-hydrogen) atoms. The highest BCUT2D eigenvalue weighted by Gasteiger charge is 2.17. The van der Waals surface area contributed by atoms with Crippen LogP contribution in [0.5, 0.6) is 5.75 Å². The van der Waals surface area contributed by atoms with Crippen molar-refractivity contribution in [3.63, 3.8) is 0 Å². The quantitative estimate of drug-likeness (QED) is 0.847. The van der Waals surface area contributed by atoms with Crippen LogP contribution in [0.25, 0.3) is 0 Å². The van der Waals surface area contributed by atoms with Crippen LogP contribution in [0.15, 0.2) is 42.5 Å². The number of rotatable bonds is 5. The van der Waals surface area contributed by atoms with Crippen molar-refractivity contribution in [2.45, 2.75) is 20.0 Å². The van der Waals surface area contributed by atoms with Gasteiger partial charge in [0.15, 0.2) is 6.10 Å². The Balaban J connectivity index is 1.57. The fourth-order valence-electron chi connectivity index (χ4n) is 3.05. The van der Waals surface area contributed by atoms with Gasteiger partial charge in [0.05, 0.1) is 0 Å². The molecule has 144 valence electrons. The smallest absolute Gasteiger partial charge is 0.265 e. The number of nitrogens with one attached hydrogen (secondary N) is 1. The number of nitrogens with zero attached hydrogens (tertiary/aromatic N) is 2. The first-order valence-electron chi connectivity index (χ1n) is 9.19. The zero-order chi connectivity index (χ0) is 19.4. The van der Waals surface area contributed by atoms with Gasteiger partial charge in [-0.3, -0.25) is 4.79 Å². The average molecular weight is 388 g/mol. The molecule has 0 unspecified atom stereocenters. The normalized spacial score (nSPS) is 16.1. The van der Waals surface area contributed by atoms with Crippen molar-refractivity contribution in [1.82, 2.24) is 4.90 Å². The second-order valence-corrected chi connectivity index (χ2v) is 7.43. The van der Waals surface area contributed by atoms with E-state index in [9.17, 15) is 4.79 Å². The maximum absolute atomic E-state index is 12.4. The summed E-state index contributed by atoms with van der Waals surface area (Å²) < 4.78 is 5.78. The number of ether oxygens (including phenoxy) is 1. The number of hydrogen-bond donors (Lipinski definition) is 1. The molecule has 0 aromatic heterocycles. The van der Waals surface area contributed by atoms with Crippen LogP contribution in [-0.4, -0.2) is 50.1 Å². The Labute approximate surface area is 165 Å². The number of amides is 1. The van der Waals surface area contributed by atoms with Gasteiger partial charge in [-0.25, -0.2) is 0 Å². The summed E-state index contributed by atoms with van der Waals surface area (Å²) in [6.45, 7) is 7.82. The summed E-state index contributed by atoms with van der Waals surface area (Å²) in [4.78, 5) is 17.1. The number of piperazine rings is 1. The van der Waals surface area contributed by atoms with Gasteiger partial charge in [0.2, 0.25) is 0 Å². The Morgan fingerprint density at radius 1 is 1.11 bits per heavy atom. The third-order valence-electron chi connectivity index (χ3n) is 4.81. The molecule has 2 aromatic carbocycles. The van der Waals surface area contributed by atoms with Gasteiger partial charge in [0, 0.05) is 42.6 Å². The molecular weight excluding hydrogens is 362 g/mol. The van der Waals surface area contributed by atoms with Crippen molar-refractivity contribution in [3.05, 3.63) is 53.1 Å². The number of likely N-dealkylation sites (N-methyl/N-ethyl adjacent to an activating group) is 1. The lowest BCUT2D eigenvalue weighted by Crippen LogP contribution is -2.44. The minimum atomic E-state index is -0.609. The van der Waals surface area contributed by atoms with Gasteiger partial charge in [0.1, 0.15) is 5.75 Å². The maximum atomic E-state index is 12.4. The molecule has 1 saturated heterocycles. The lowest BCUT2D eigenvalue weighted by atomic mass is 10.2. The highest BCUT2D eigenvalue weighted by molar-refractivity contribution is 6.30. The van der Waals surface area contributed by atoms with Gasteiger partial charge in [-0.1, -0.05) is 11.6 Å². The van der Waals surface area contributed by atoms with Crippen LogP contribution >= 0.6 is 11.6 Å². The summed E-state index contributed by atoms with van der Waals surface area (Å²) in [5, 5.41) is 3.56. The summed E-state index contributed by atoms with van der Waals surface area (Å²) in [5.41, 5.74) is 2.85. The van der Waals surface area contributed by atoms with Crippen LogP contribution in [0, 0.1) is 6.92 Å². The first-order valence-corrected chi connectivity index (χ1v) is 9.57. The molecule has 1 aliphatic heterocycles. The number of anilines is 2. The molecule has 1 aliphatic rings. The summed E-state index contributed by atoms with van der Waals surface area (Å²) in [5.74, 6) is 0.476. The number of aryl methyl sites for hydroxylation is 1. The molecule has 3 rings (SSSR count). The summed E-state index contributed by atoms with van der Waals surface area (Å²) in [6.07, 6.45) is -0.609. The molecule has 1 heterocycles. The zero-order valence-corrected chi connectivity index (χ0v) is 16.8. The molecule has 1 atom stereocenters. The van der Waals surface area contributed by atoms with Crippen molar-refractivity contribution in [2.24, 2.45) is 0 Å². The van der Waals surface area contributed by atoms with Crippen molar-refractivity contribution < 1.29 is 9.53 Å². The van der Waals surface area contributed by atoms with E-state index in [1.54, 1.807) is 19.1 Å². The van der Waals surface area contributed by atoms with Crippen LogP contribution in [0.1, 0.15) is 12.5 Å². The van der Waals surface area contributed by atoms with E-state index >= 15 is 0 Å². The second-order valence-electron chi connectivity index (χ2n) is 7.00. The first kappa shape index (κ1) is 19.5. The molecule has 1 amide bonds. The van der Waals surface area contributed by atoms with Crippen molar-refractivity contribution in [2.75, 3.05) is 43.4 Å². The summed E-state index contributed by atoms with van der Waals surface area (Å²) >= 11 is 5.96. The number of hydrogen-bond acceptors (Lipinski definition) is 4. The van der Waals surface area contributed by atoms with Gasteiger partial charge in [-0.15, -0.1) is 0 Å². The number of benzene rings is 2. The van der Waals surface area contributed by atoms with Gasteiger partial charge >= 0.3 is 0 Å². The summed E-state index contributed by atoms with van der Waals surface area (Å²) in [6, 6.07) is 13.3.